The Morgan fingerprint density at radius 1 is 1.11 bits per heavy atom. The van der Waals surface area contributed by atoms with Crippen LogP contribution in [0.25, 0.3) is 21.9 Å². The minimum atomic E-state index is -0.927. The van der Waals surface area contributed by atoms with Crippen molar-refractivity contribution >= 4 is 11.5 Å². The van der Waals surface area contributed by atoms with E-state index in [1.807, 2.05) is 11.0 Å². The van der Waals surface area contributed by atoms with Gasteiger partial charge in [0.15, 0.2) is 5.82 Å². The molecule has 0 bridgehead atoms. The zero-order valence-electron chi connectivity index (χ0n) is 19.8. The number of aromatic nitrogens is 3. The molecule has 1 spiro atoms. The van der Waals surface area contributed by atoms with Crippen LogP contribution in [0.5, 0.6) is 0 Å². The topological polar surface area (TPSA) is 67.4 Å². The number of halogens is 2. The minimum absolute atomic E-state index is 0.00993. The maximum absolute atomic E-state index is 15.6. The highest BCUT2D eigenvalue weighted by Crippen LogP contribution is 2.40. The molecule has 3 aliphatic rings. The molecule has 184 valence electrons. The van der Waals surface area contributed by atoms with E-state index in [-0.39, 0.29) is 28.3 Å². The molecule has 4 heterocycles. The Bertz CT molecular complexity index is 1410. The van der Waals surface area contributed by atoms with Crippen molar-refractivity contribution in [1.29, 1.82) is 0 Å². The smallest absolute Gasteiger partial charge is 0.296 e. The summed E-state index contributed by atoms with van der Waals surface area (Å²) in [4.78, 5) is 27.6. The number of nitrogens with zero attached hydrogens (tertiary/aromatic N) is 5. The Morgan fingerprint density at radius 3 is 2.53 bits per heavy atom. The molecule has 6 rings (SSSR count). The highest BCUT2D eigenvalue weighted by atomic mass is 19.1. The van der Waals surface area contributed by atoms with Crippen molar-refractivity contribution in [3.63, 3.8) is 0 Å². The Kier molecular flexibility index (Phi) is 5.56. The van der Waals surface area contributed by atoms with Gasteiger partial charge in [-0.1, -0.05) is 12.1 Å². The third kappa shape index (κ3) is 3.95. The first-order valence-corrected chi connectivity index (χ1v) is 12.4. The van der Waals surface area contributed by atoms with Crippen LogP contribution in [0.1, 0.15) is 43.7 Å². The molecule has 0 amide bonds. The molecule has 36 heavy (non-hydrogen) atoms. The van der Waals surface area contributed by atoms with Crippen molar-refractivity contribution in [3.05, 3.63) is 75.6 Å². The fourth-order valence-corrected chi connectivity index (χ4v) is 5.43. The molecule has 0 radical (unpaired) electrons. The second kappa shape index (κ2) is 8.79. The monoisotopic (exact) mass is 488 g/mol. The molecule has 9 heteroatoms. The highest BCUT2D eigenvalue weighted by Gasteiger charge is 2.38. The lowest BCUT2D eigenvalue weighted by Gasteiger charge is -2.39. The maximum Gasteiger partial charge on any atom is 0.296 e. The molecular formula is C27H26F2N6O. The number of nitrogens with one attached hydrogen (secondary N) is 1. The van der Waals surface area contributed by atoms with Crippen molar-refractivity contribution in [3.8, 4) is 17.1 Å². The summed E-state index contributed by atoms with van der Waals surface area (Å²) in [5.74, 6) is -1.10. The second-order valence-electron chi connectivity index (χ2n) is 10.1. The number of anilines is 1. The fraction of sp³-hybridized carbons (Fsp3) is 0.407. The van der Waals surface area contributed by atoms with E-state index in [2.05, 4.69) is 20.1 Å². The number of hydrogen-bond donors (Lipinski definition) is 1. The van der Waals surface area contributed by atoms with Crippen molar-refractivity contribution < 1.29 is 8.78 Å². The molecule has 3 fully saturated rings. The summed E-state index contributed by atoms with van der Waals surface area (Å²) in [5, 5.41) is 3.42. The van der Waals surface area contributed by atoms with Gasteiger partial charge < -0.3 is 10.2 Å². The first-order valence-electron chi connectivity index (χ1n) is 12.4. The van der Waals surface area contributed by atoms with Crippen LogP contribution in [-0.2, 0) is 0 Å². The van der Waals surface area contributed by atoms with Gasteiger partial charge in [-0.2, -0.15) is 4.39 Å². The molecule has 1 N–H and O–H groups in total. The lowest BCUT2D eigenvalue weighted by molar-refractivity contribution is 0.246. The number of piperidine rings is 1. The van der Waals surface area contributed by atoms with E-state index in [1.165, 1.54) is 18.2 Å². The molecule has 1 aliphatic carbocycles. The zero-order valence-corrected chi connectivity index (χ0v) is 19.8. The second-order valence-corrected chi connectivity index (χ2v) is 10.1. The van der Waals surface area contributed by atoms with Crippen LogP contribution in [0.4, 0.5) is 20.3 Å². The van der Waals surface area contributed by atoms with Gasteiger partial charge in [0, 0.05) is 36.8 Å². The molecule has 2 aliphatic heterocycles. The molecule has 0 atom stereocenters. The molecule has 2 aromatic heterocycles. The average Bonchev–Trinajstić information content (AvgIpc) is 3.66. The standard InChI is InChI=1S/C27H26F2N6O/c1-30-22-6-4-18(14-20(22)28)24-33-25(34-12-9-27(10-13-34)8-11-31-16-27)23(29)26(36)35(24)19-5-7-21(32-15-19)17-2-3-17/h4-7,14-15,17,31H,2-3,8-13,16H2. The normalized spacial score (nSPS) is 19.0. The Balaban J connectivity index is 1.45. The van der Waals surface area contributed by atoms with E-state index in [4.69, 9.17) is 6.57 Å². The summed E-state index contributed by atoms with van der Waals surface area (Å²) in [6, 6.07) is 7.64. The van der Waals surface area contributed by atoms with Crippen molar-refractivity contribution in [2.75, 3.05) is 31.1 Å². The number of benzene rings is 1. The van der Waals surface area contributed by atoms with Gasteiger partial charge in [-0.3, -0.25) is 14.3 Å². The van der Waals surface area contributed by atoms with Gasteiger partial charge in [-0.05, 0) is 62.3 Å². The molecule has 1 saturated carbocycles. The maximum atomic E-state index is 15.6. The first-order chi connectivity index (χ1) is 17.5. The van der Waals surface area contributed by atoms with Gasteiger partial charge in [0.05, 0.1) is 18.5 Å². The Morgan fingerprint density at radius 2 is 1.92 bits per heavy atom. The lowest BCUT2D eigenvalue weighted by Crippen LogP contribution is -2.43. The van der Waals surface area contributed by atoms with Crippen LogP contribution in [-0.4, -0.2) is 40.7 Å². The quantitative estimate of drug-likeness (QED) is 0.545. The Hall–Kier alpha value is -3.64. The van der Waals surface area contributed by atoms with E-state index < -0.39 is 17.2 Å². The largest absolute Gasteiger partial charge is 0.354 e. The molecule has 2 saturated heterocycles. The molecular weight excluding hydrogens is 462 g/mol. The summed E-state index contributed by atoms with van der Waals surface area (Å²) in [5.41, 5.74) is 0.831. The molecule has 1 aromatic carbocycles. The van der Waals surface area contributed by atoms with E-state index in [9.17, 15) is 9.18 Å². The van der Waals surface area contributed by atoms with E-state index >= 15 is 4.39 Å². The van der Waals surface area contributed by atoms with Gasteiger partial charge >= 0.3 is 0 Å². The number of rotatable bonds is 4. The van der Waals surface area contributed by atoms with Crippen molar-refractivity contribution in [1.82, 2.24) is 19.9 Å². The lowest BCUT2D eigenvalue weighted by atomic mass is 9.78. The van der Waals surface area contributed by atoms with Gasteiger partial charge in [0.2, 0.25) is 11.5 Å². The van der Waals surface area contributed by atoms with E-state index in [0.717, 1.165) is 55.5 Å². The molecule has 0 unspecified atom stereocenters. The predicted octanol–water partition coefficient (Wildman–Crippen LogP) is 4.58. The summed E-state index contributed by atoms with van der Waals surface area (Å²) in [7, 11) is 0. The average molecular weight is 489 g/mol. The van der Waals surface area contributed by atoms with Gasteiger partial charge in [0.25, 0.3) is 5.56 Å². The predicted molar refractivity (Wildman–Crippen MR) is 133 cm³/mol. The van der Waals surface area contributed by atoms with Gasteiger partial charge in [-0.25, -0.2) is 14.2 Å². The summed E-state index contributed by atoms with van der Waals surface area (Å²) in [6.45, 7) is 10.3. The van der Waals surface area contributed by atoms with Crippen molar-refractivity contribution in [2.45, 2.75) is 38.0 Å². The number of pyridine rings is 1. The van der Waals surface area contributed by atoms with Crippen LogP contribution >= 0.6 is 0 Å². The zero-order chi connectivity index (χ0) is 24.9. The van der Waals surface area contributed by atoms with Crippen LogP contribution in [0.2, 0.25) is 0 Å². The van der Waals surface area contributed by atoms with Crippen LogP contribution in [0.3, 0.4) is 0 Å². The summed E-state index contributed by atoms with van der Waals surface area (Å²) >= 11 is 0. The van der Waals surface area contributed by atoms with Crippen LogP contribution < -0.4 is 15.8 Å². The SMILES string of the molecule is [C-]#[N+]c1ccc(-c2nc(N3CCC4(CCNC4)CC3)c(F)c(=O)n2-c2ccc(C3CC3)nc2)cc1F. The van der Waals surface area contributed by atoms with Gasteiger partial charge in [-0.15, -0.1) is 0 Å². The summed E-state index contributed by atoms with van der Waals surface area (Å²) in [6.07, 6.45) is 6.59. The fourth-order valence-electron chi connectivity index (χ4n) is 5.43. The number of hydrogen-bond acceptors (Lipinski definition) is 5. The first kappa shape index (κ1) is 22.8. The third-order valence-corrected chi connectivity index (χ3v) is 7.82. The highest BCUT2D eigenvalue weighted by molar-refractivity contribution is 5.65. The van der Waals surface area contributed by atoms with Crippen molar-refractivity contribution in [2.24, 2.45) is 5.41 Å². The van der Waals surface area contributed by atoms with E-state index in [1.54, 1.807) is 12.3 Å². The van der Waals surface area contributed by atoms with E-state index in [0.29, 0.717) is 24.7 Å². The summed E-state index contributed by atoms with van der Waals surface area (Å²) < 4.78 is 31.4. The van der Waals surface area contributed by atoms with Crippen LogP contribution in [0.15, 0.2) is 41.3 Å². The van der Waals surface area contributed by atoms with Crippen LogP contribution in [0, 0.1) is 23.6 Å². The van der Waals surface area contributed by atoms with Gasteiger partial charge in [0.1, 0.15) is 11.6 Å². The minimum Gasteiger partial charge on any atom is -0.354 e. The third-order valence-electron chi connectivity index (χ3n) is 7.82. The Labute approximate surface area is 207 Å². The molecule has 7 nitrogen and oxygen atoms in total. The molecule has 3 aromatic rings.